The van der Waals surface area contributed by atoms with E-state index in [2.05, 4.69) is 100.0 Å². The summed E-state index contributed by atoms with van der Waals surface area (Å²) < 4.78 is 2.53. The van der Waals surface area contributed by atoms with Crippen molar-refractivity contribution < 1.29 is 0 Å². The molecule has 3 rings (SSSR count). The van der Waals surface area contributed by atoms with Crippen LogP contribution in [0.15, 0.2) is 48.5 Å². The van der Waals surface area contributed by atoms with Crippen LogP contribution < -0.4 is 0 Å². The van der Waals surface area contributed by atoms with Crippen molar-refractivity contribution in [1.29, 1.82) is 0 Å². The Kier molecular flexibility index (Phi) is 5.40. The quantitative estimate of drug-likeness (QED) is 0.511. The zero-order valence-corrected chi connectivity index (χ0v) is 17.4. The maximum atomic E-state index is 7.11. The van der Waals surface area contributed by atoms with E-state index in [9.17, 15) is 0 Å². The number of fused-ring (bicyclic) bond motifs is 2. The van der Waals surface area contributed by atoms with Crippen LogP contribution in [0.4, 0.5) is 0 Å². The molecule has 1 aliphatic rings. The predicted octanol–water partition coefficient (Wildman–Crippen LogP) is 7.32. The van der Waals surface area contributed by atoms with Gasteiger partial charge >= 0.3 is 0 Å². The molecule has 0 N–H and O–H groups in total. The molecule has 0 aliphatic heterocycles. The lowest BCUT2D eigenvalue weighted by Crippen LogP contribution is -2.35. The van der Waals surface area contributed by atoms with E-state index in [1.807, 2.05) is 0 Å². The molecular formula is C22H27ClNP. The highest BCUT2D eigenvalue weighted by atomic mass is 35.7. The van der Waals surface area contributed by atoms with Gasteiger partial charge in [-0.3, -0.25) is 4.67 Å². The Morgan fingerprint density at radius 2 is 1.32 bits per heavy atom. The van der Waals surface area contributed by atoms with Gasteiger partial charge in [0.1, 0.15) is 0 Å². The Hall–Kier alpha value is -1.14. The summed E-state index contributed by atoms with van der Waals surface area (Å²) in [6, 6.07) is 18.0. The Balaban J connectivity index is 2.24. The van der Waals surface area contributed by atoms with Crippen LogP contribution in [-0.4, -0.2) is 15.9 Å². The summed E-state index contributed by atoms with van der Waals surface area (Å²) in [5.74, 6) is 0. The lowest BCUT2D eigenvalue weighted by atomic mass is 9.93. The molecule has 0 heterocycles. The molecule has 1 nitrogen and oxygen atoms in total. The highest BCUT2D eigenvalue weighted by Gasteiger charge is 2.38. The van der Waals surface area contributed by atoms with Gasteiger partial charge in [-0.05, 0) is 36.1 Å². The fourth-order valence-electron chi connectivity index (χ4n) is 3.40. The number of nitrogens with zero attached hydrogens (tertiary/aromatic N) is 1. The fourth-order valence-corrected chi connectivity index (χ4v) is 5.74. The third kappa shape index (κ3) is 3.70. The molecule has 0 saturated carbocycles. The number of hydrogen-bond donors (Lipinski definition) is 0. The lowest BCUT2D eigenvalue weighted by molar-refractivity contribution is 0.325. The van der Waals surface area contributed by atoms with Crippen LogP contribution >= 0.6 is 18.7 Å². The van der Waals surface area contributed by atoms with Gasteiger partial charge in [-0.15, -0.1) is 0 Å². The Morgan fingerprint density at radius 3 is 1.72 bits per heavy atom. The van der Waals surface area contributed by atoms with Crippen molar-refractivity contribution in [3.05, 3.63) is 70.8 Å². The largest absolute Gasteiger partial charge is 0.255 e. The number of rotatable bonds is 3. The lowest BCUT2D eigenvalue weighted by Gasteiger charge is -2.44. The molecule has 2 aromatic rings. The van der Waals surface area contributed by atoms with Crippen molar-refractivity contribution in [2.45, 2.75) is 51.9 Å². The van der Waals surface area contributed by atoms with E-state index >= 15 is 0 Å². The van der Waals surface area contributed by atoms with Gasteiger partial charge in [-0.2, -0.15) is 0 Å². The van der Waals surface area contributed by atoms with Gasteiger partial charge in [0, 0.05) is 11.2 Å². The second-order valence-electron chi connectivity index (χ2n) is 7.90. The first-order chi connectivity index (χ1) is 11.8. The minimum Gasteiger partial charge on any atom is -0.255 e. The molecule has 0 aromatic heterocycles. The summed E-state index contributed by atoms with van der Waals surface area (Å²) in [6.07, 6.45) is 4.47. The molecule has 2 aromatic carbocycles. The highest BCUT2D eigenvalue weighted by molar-refractivity contribution is 7.83. The van der Waals surface area contributed by atoms with Crippen LogP contribution in [0.5, 0.6) is 0 Å². The van der Waals surface area contributed by atoms with E-state index in [1.165, 1.54) is 22.3 Å². The Labute approximate surface area is 158 Å². The van der Waals surface area contributed by atoms with Gasteiger partial charge in [0.25, 0.3) is 0 Å². The number of hydrogen-bond acceptors (Lipinski definition) is 1. The van der Waals surface area contributed by atoms with E-state index in [4.69, 9.17) is 11.2 Å². The first kappa shape index (κ1) is 18.6. The average Bonchev–Trinajstić information content (AvgIpc) is 2.72. The Morgan fingerprint density at radius 1 is 0.880 bits per heavy atom. The monoisotopic (exact) mass is 371 g/mol. The number of halogens is 1. The van der Waals surface area contributed by atoms with Gasteiger partial charge in [0.15, 0.2) is 0 Å². The topological polar surface area (TPSA) is 3.24 Å². The fraction of sp³-hybridized carbons (Fsp3) is 0.364. The molecule has 0 amide bonds. The second kappa shape index (κ2) is 7.23. The highest BCUT2D eigenvalue weighted by Crippen LogP contribution is 2.62. The third-order valence-electron chi connectivity index (χ3n) is 4.57. The molecule has 1 atom stereocenters. The maximum Gasteiger partial charge on any atom is 0.0692 e. The van der Waals surface area contributed by atoms with Crippen molar-refractivity contribution in [2.75, 3.05) is 0 Å². The Bertz CT molecular complexity index is 726. The maximum absolute atomic E-state index is 7.11. The van der Waals surface area contributed by atoms with Crippen LogP contribution in [0.3, 0.4) is 0 Å². The molecule has 0 bridgehead atoms. The van der Waals surface area contributed by atoms with Gasteiger partial charge in [0.2, 0.25) is 0 Å². The van der Waals surface area contributed by atoms with Crippen molar-refractivity contribution in [2.24, 2.45) is 0 Å². The zero-order chi connectivity index (χ0) is 18.2. The van der Waals surface area contributed by atoms with Crippen LogP contribution in [0, 0.1) is 0 Å². The molecule has 3 heteroatoms. The smallest absolute Gasteiger partial charge is 0.0692 e. The molecule has 25 heavy (non-hydrogen) atoms. The molecule has 0 fully saturated rings. The van der Waals surface area contributed by atoms with E-state index in [1.54, 1.807) is 0 Å². The summed E-state index contributed by atoms with van der Waals surface area (Å²) in [5, 5.41) is 0.0464. The molecule has 1 aliphatic carbocycles. The van der Waals surface area contributed by atoms with E-state index < -0.39 is 7.43 Å². The standard InChI is InChI=1S/C22H27ClNP/c1-16(2)24(25(23)22(3,4)5)21-19-12-8-6-10-17(19)14-15-18-11-7-9-13-20(18)21/h6-16,21H,1-5H3. The van der Waals surface area contributed by atoms with Gasteiger partial charge in [-0.25, -0.2) is 0 Å². The van der Waals surface area contributed by atoms with Gasteiger partial charge < -0.3 is 0 Å². The normalized spacial score (nSPS) is 15.8. The van der Waals surface area contributed by atoms with Crippen LogP contribution in [0.1, 0.15) is 62.9 Å². The van der Waals surface area contributed by atoms with E-state index in [0.717, 1.165) is 0 Å². The van der Waals surface area contributed by atoms with Crippen LogP contribution in [0.2, 0.25) is 0 Å². The average molecular weight is 372 g/mol. The third-order valence-corrected chi connectivity index (χ3v) is 8.82. The summed E-state index contributed by atoms with van der Waals surface area (Å²) in [4.78, 5) is 0. The summed E-state index contributed by atoms with van der Waals surface area (Å²) in [6.45, 7) is 11.2. The minimum atomic E-state index is -0.830. The molecule has 1 unspecified atom stereocenters. The molecule has 132 valence electrons. The van der Waals surface area contributed by atoms with Crippen molar-refractivity contribution in [3.8, 4) is 0 Å². The van der Waals surface area contributed by atoms with E-state index in [0.29, 0.717) is 6.04 Å². The van der Waals surface area contributed by atoms with Gasteiger partial charge in [-0.1, -0.05) is 92.7 Å². The van der Waals surface area contributed by atoms with Gasteiger partial charge in [0.05, 0.1) is 13.5 Å². The first-order valence-corrected chi connectivity index (χ1v) is 11.1. The number of benzene rings is 2. The summed E-state index contributed by atoms with van der Waals surface area (Å²) >= 11 is 7.11. The molecule has 0 spiro atoms. The van der Waals surface area contributed by atoms with E-state index in [-0.39, 0.29) is 11.2 Å². The van der Waals surface area contributed by atoms with Crippen molar-refractivity contribution >= 4 is 30.8 Å². The zero-order valence-electron chi connectivity index (χ0n) is 15.7. The second-order valence-corrected chi connectivity index (χ2v) is 11.2. The molecular weight excluding hydrogens is 345 g/mol. The first-order valence-electron chi connectivity index (χ1n) is 8.91. The predicted molar refractivity (Wildman–Crippen MR) is 113 cm³/mol. The molecule has 0 saturated heterocycles. The minimum absolute atomic E-state index is 0.0464. The summed E-state index contributed by atoms with van der Waals surface area (Å²) in [5.41, 5.74) is 5.25. The summed E-state index contributed by atoms with van der Waals surface area (Å²) in [7, 11) is -0.830. The van der Waals surface area contributed by atoms with Crippen LogP contribution in [-0.2, 0) is 0 Å². The van der Waals surface area contributed by atoms with Crippen LogP contribution in [0.25, 0.3) is 12.2 Å². The SMILES string of the molecule is CC(C)N(C1c2ccccc2C=Cc2ccccc21)P(Cl)C(C)(C)C. The van der Waals surface area contributed by atoms with Crippen molar-refractivity contribution in [1.82, 2.24) is 4.67 Å². The van der Waals surface area contributed by atoms with Crippen molar-refractivity contribution in [3.63, 3.8) is 0 Å². The molecule has 0 radical (unpaired) electrons.